The number of rotatable bonds is 9. The number of unbranched alkanes of at least 4 members (excludes halogenated alkanes) is 6. The minimum absolute atomic E-state index is 0.362. The van der Waals surface area contributed by atoms with Crippen molar-refractivity contribution in [1.82, 2.24) is 10.2 Å². The highest BCUT2D eigenvalue weighted by Crippen LogP contribution is 2.13. The van der Waals surface area contributed by atoms with E-state index in [1.165, 1.54) is 38.5 Å². The van der Waals surface area contributed by atoms with Crippen LogP contribution in [0.3, 0.4) is 0 Å². The Hall–Kier alpha value is -0.570. The van der Waals surface area contributed by atoms with Crippen molar-refractivity contribution in [2.45, 2.75) is 70.8 Å². The second-order valence-electron chi connectivity index (χ2n) is 5.49. The maximum Gasteiger partial charge on any atom is 0.222 e. The molecule has 106 valence electrons. The van der Waals surface area contributed by atoms with E-state index >= 15 is 0 Å². The summed E-state index contributed by atoms with van der Waals surface area (Å²) >= 11 is 0. The molecule has 1 aliphatic heterocycles. The zero-order valence-electron chi connectivity index (χ0n) is 12.2. The van der Waals surface area contributed by atoms with E-state index in [2.05, 4.69) is 12.2 Å². The first-order valence-electron chi connectivity index (χ1n) is 7.73. The van der Waals surface area contributed by atoms with E-state index in [1.54, 1.807) is 0 Å². The van der Waals surface area contributed by atoms with E-state index in [9.17, 15) is 4.79 Å². The van der Waals surface area contributed by atoms with E-state index in [0.29, 0.717) is 11.9 Å². The van der Waals surface area contributed by atoms with Gasteiger partial charge in [-0.15, -0.1) is 0 Å². The van der Waals surface area contributed by atoms with E-state index < -0.39 is 0 Å². The van der Waals surface area contributed by atoms with Crippen LogP contribution in [-0.4, -0.2) is 37.0 Å². The fraction of sp³-hybridized carbons (Fsp3) is 0.933. The third-order valence-corrected chi connectivity index (χ3v) is 3.94. The Kier molecular flexibility index (Phi) is 8.06. The summed E-state index contributed by atoms with van der Waals surface area (Å²) in [4.78, 5) is 14.0. The largest absolute Gasteiger partial charge is 0.341 e. The average Bonchev–Trinajstić information content (AvgIpc) is 2.86. The quantitative estimate of drug-likeness (QED) is 0.642. The summed E-state index contributed by atoms with van der Waals surface area (Å²) in [7, 11) is 1.98. The number of nitrogens with one attached hydrogen (secondary N) is 1. The van der Waals surface area contributed by atoms with Crippen LogP contribution in [0.4, 0.5) is 0 Å². The van der Waals surface area contributed by atoms with Gasteiger partial charge in [0.1, 0.15) is 0 Å². The second-order valence-corrected chi connectivity index (χ2v) is 5.49. The lowest BCUT2D eigenvalue weighted by atomic mass is 10.1. The molecule has 0 spiro atoms. The summed E-state index contributed by atoms with van der Waals surface area (Å²) < 4.78 is 0. The molecule has 0 aromatic carbocycles. The van der Waals surface area contributed by atoms with Crippen molar-refractivity contribution in [3.05, 3.63) is 0 Å². The predicted octanol–water partition coefficient (Wildman–Crippen LogP) is 2.95. The van der Waals surface area contributed by atoms with Gasteiger partial charge >= 0.3 is 0 Å². The highest BCUT2D eigenvalue weighted by Gasteiger charge is 2.24. The molecule has 3 heteroatoms. The summed E-state index contributed by atoms with van der Waals surface area (Å²) in [5, 5.41) is 3.25. The van der Waals surface area contributed by atoms with E-state index in [-0.39, 0.29) is 0 Å². The third kappa shape index (κ3) is 5.85. The predicted molar refractivity (Wildman–Crippen MR) is 76.7 cm³/mol. The number of amides is 1. The topological polar surface area (TPSA) is 32.3 Å². The normalized spacial score (nSPS) is 19.4. The monoisotopic (exact) mass is 254 g/mol. The highest BCUT2D eigenvalue weighted by atomic mass is 16.2. The number of likely N-dealkylation sites (tertiary alicyclic amines) is 1. The van der Waals surface area contributed by atoms with Gasteiger partial charge in [-0.05, 0) is 19.9 Å². The van der Waals surface area contributed by atoms with Crippen LogP contribution in [0, 0.1) is 0 Å². The SMILES string of the molecule is CCCCCCCCCC(=O)N1CCC(NC)C1. The van der Waals surface area contributed by atoms with E-state index in [1.807, 2.05) is 11.9 Å². The first-order valence-corrected chi connectivity index (χ1v) is 7.73. The number of likely N-dealkylation sites (N-methyl/N-ethyl adjacent to an activating group) is 1. The van der Waals surface area contributed by atoms with Crippen LogP contribution < -0.4 is 5.32 Å². The van der Waals surface area contributed by atoms with Crippen molar-refractivity contribution in [3.63, 3.8) is 0 Å². The molecule has 0 aromatic heterocycles. The summed E-state index contributed by atoms with van der Waals surface area (Å²) in [5.74, 6) is 0.362. The van der Waals surface area contributed by atoms with E-state index in [0.717, 1.165) is 32.4 Å². The molecule has 0 radical (unpaired) electrons. The molecular weight excluding hydrogens is 224 g/mol. The molecule has 1 amide bonds. The molecule has 0 bridgehead atoms. The van der Waals surface area contributed by atoms with Gasteiger partial charge in [0.25, 0.3) is 0 Å². The summed E-state index contributed by atoms with van der Waals surface area (Å²) in [5.41, 5.74) is 0. The maximum atomic E-state index is 11.9. The molecule has 0 aliphatic carbocycles. The van der Waals surface area contributed by atoms with Gasteiger partial charge in [-0.2, -0.15) is 0 Å². The van der Waals surface area contributed by atoms with Gasteiger partial charge < -0.3 is 10.2 Å². The molecule has 1 heterocycles. The summed E-state index contributed by atoms with van der Waals surface area (Å²) in [6, 6.07) is 0.517. The third-order valence-electron chi connectivity index (χ3n) is 3.94. The molecule has 1 N–H and O–H groups in total. The lowest BCUT2D eigenvalue weighted by Crippen LogP contribution is -2.33. The number of carbonyl (C=O) groups excluding carboxylic acids is 1. The number of hydrogen-bond donors (Lipinski definition) is 1. The van der Waals surface area contributed by atoms with Crippen molar-refractivity contribution in [2.75, 3.05) is 20.1 Å². The Labute approximate surface area is 112 Å². The average molecular weight is 254 g/mol. The number of nitrogens with zero attached hydrogens (tertiary/aromatic N) is 1. The Balaban J connectivity index is 1.97. The first kappa shape index (κ1) is 15.5. The van der Waals surface area contributed by atoms with Crippen LogP contribution in [-0.2, 0) is 4.79 Å². The Morgan fingerprint density at radius 1 is 1.17 bits per heavy atom. The minimum Gasteiger partial charge on any atom is -0.341 e. The smallest absolute Gasteiger partial charge is 0.222 e. The van der Waals surface area contributed by atoms with Crippen LogP contribution in [0.1, 0.15) is 64.7 Å². The first-order chi connectivity index (χ1) is 8.77. The Morgan fingerprint density at radius 2 is 1.83 bits per heavy atom. The lowest BCUT2D eigenvalue weighted by Gasteiger charge is -2.16. The van der Waals surface area contributed by atoms with Crippen LogP contribution in [0.15, 0.2) is 0 Å². The molecule has 1 atom stereocenters. The molecule has 0 saturated carbocycles. The van der Waals surface area contributed by atoms with Crippen molar-refractivity contribution >= 4 is 5.91 Å². The molecule has 1 aliphatic rings. The fourth-order valence-corrected chi connectivity index (χ4v) is 2.61. The minimum atomic E-state index is 0.362. The molecule has 3 nitrogen and oxygen atoms in total. The molecule has 1 rings (SSSR count). The van der Waals surface area contributed by atoms with Crippen LogP contribution in [0.5, 0.6) is 0 Å². The van der Waals surface area contributed by atoms with Gasteiger partial charge in [-0.3, -0.25) is 4.79 Å². The molecular formula is C15H30N2O. The molecule has 1 fully saturated rings. The highest BCUT2D eigenvalue weighted by molar-refractivity contribution is 5.76. The molecule has 1 unspecified atom stereocenters. The van der Waals surface area contributed by atoms with Gasteiger partial charge in [-0.25, -0.2) is 0 Å². The molecule has 1 saturated heterocycles. The van der Waals surface area contributed by atoms with Crippen molar-refractivity contribution in [3.8, 4) is 0 Å². The zero-order chi connectivity index (χ0) is 13.2. The standard InChI is InChI=1S/C15H30N2O/c1-3-4-5-6-7-8-9-10-15(18)17-12-11-14(13-17)16-2/h14,16H,3-13H2,1-2H3. The van der Waals surface area contributed by atoms with Crippen molar-refractivity contribution in [2.24, 2.45) is 0 Å². The molecule has 0 aromatic rings. The van der Waals surface area contributed by atoms with Gasteiger partial charge in [0.15, 0.2) is 0 Å². The number of hydrogen-bond acceptors (Lipinski definition) is 2. The number of carbonyl (C=O) groups is 1. The van der Waals surface area contributed by atoms with Crippen LogP contribution in [0.2, 0.25) is 0 Å². The zero-order valence-corrected chi connectivity index (χ0v) is 12.2. The van der Waals surface area contributed by atoms with Crippen molar-refractivity contribution in [1.29, 1.82) is 0 Å². The lowest BCUT2D eigenvalue weighted by molar-refractivity contribution is -0.130. The van der Waals surface area contributed by atoms with Crippen molar-refractivity contribution < 1.29 is 4.79 Å². The fourth-order valence-electron chi connectivity index (χ4n) is 2.61. The van der Waals surface area contributed by atoms with E-state index in [4.69, 9.17) is 0 Å². The maximum absolute atomic E-state index is 11.9. The van der Waals surface area contributed by atoms with Gasteiger partial charge in [0.05, 0.1) is 0 Å². The Morgan fingerprint density at radius 3 is 2.44 bits per heavy atom. The van der Waals surface area contributed by atoms with Gasteiger partial charge in [-0.1, -0.05) is 45.4 Å². The summed E-state index contributed by atoms with van der Waals surface area (Å²) in [6.07, 6.45) is 10.8. The van der Waals surface area contributed by atoms with Gasteiger partial charge in [0, 0.05) is 25.6 Å². The Bertz CT molecular complexity index is 231. The summed E-state index contributed by atoms with van der Waals surface area (Å²) in [6.45, 7) is 4.10. The van der Waals surface area contributed by atoms with Crippen LogP contribution >= 0.6 is 0 Å². The second kappa shape index (κ2) is 9.37. The van der Waals surface area contributed by atoms with Crippen LogP contribution in [0.25, 0.3) is 0 Å². The molecule has 18 heavy (non-hydrogen) atoms. The van der Waals surface area contributed by atoms with Gasteiger partial charge in [0.2, 0.25) is 5.91 Å².